The molecule has 0 saturated heterocycles. The van der Waals surface area contributed by atoms with Crippen molar-refractivity contribution in [2.75, 3.05) is 12.4 Å². The van der Waals surface area contributed by atoms with Gasteiger partial charge in [0.15, 0.2) is 11.0 Å². The van der Waals surface area contributed by atoms with E-state index in [1.807, 2.05) is 13.0 Å². The summed E-state index contributed by atoms with van der Waals surface area (Å²) >= 11 is 12.5. The number of nitrogens with one attached hydrogen (secondary N) is 1. The van der Waals surface area contributed by atoms with Crippen molar-refractivity contribution in [1.82, 2.24) is 5.16 Å². The van der Waals surface area contributed by atoms with Crippen LogP contribution in [0.4, 0.5) is 5.88 Å². The van der Waals surface area contributed by atoms with Crippen LogP contribution in [0.5, 0.6) is 0 Å². The molecule has 0 aliphatic carbocycles. The molecular weight excluding hydrogens is 483 g/mol. The average molecular weight is 499 g/mol. The van der Waals surface area contributed by atoms with Gasteiger partial charge in [0.2, 0.25) is 5.88 Å². The van der Waals surface area contributed by atoms with Gasteiger partial charge in [-0.1, -0.05) is 46.1 Å². The minimum absolute atomic E-state index is 0.00673. The number of esters is 1. The van der Waals surface area contributed by atoms with Crippen LogP contribution in [0.15, 0.2) is 62.5 Å². The van der Waals surface area contributed by atoms with Gasteiger partial charge in [-0.15, -0.1) is 0 Å². The van der Waals surface area contributed by atoms with Gasteiger partial charge < -0.3 is 13.7 Å². The number of carbonyl (C=O) groups is 2. The van der Waals surface area contributed by atoms with E-state index < -0.39 is 11.9 Å². The fourth-order valence-corrected chi connectivity index (χ4v) is 3.83. The Kier molecular flexibility index (Phi) is 6.54. The number of rotatable bonds is 5. The second kappa shape index (κ2) is 9.54. The summed E-state index contributed by atoms with van der Waals surface area (Å²) in [7, 11) is 1.17. The summed E-state index contributed by atoms with van der Waals surface area (Å²) in [5, 5.41) is 7.12. The molecule has 1 amide bonds. The molecule has 0 aliphatic heterocycles. The van der Waals surface area contributed by atoms with Crippen molar-refractivity contribution in [3.8, 4) is 11.3 Å². The number of amides is 1. The lowest BCUT2D eigenvalue weighted by Crippen LogP contribution is -2.12. The molecule has 1 N–H and O–H groups in total. The van der Waals surface area contributed by atoms with Crippen LogP contribution in [0.1, 0.15) is 21.5 Å². The summed E-state index contributed by atoms with van der Waals surface area (Å²) < 4.78 is 15.5. The fourth-order valence-electron chi connectivity index (χ4n) is 3.26. The molecule has 0 bridgehead atoms. The third-order valence-electron chi connectivity index (χ3n) is 4.89. The van der Waals surface area contributed by atoms with Crippen LogP contribution in [0.25, 0.3) is 28.3 Å². The number of halogens is 2. The van der Waals surface area contributed by atoms with Crippen LogP contribution in [-0.2, 0) is 9.53 Å². The lowest BCUT2D eigenvalue weighted by Gasteiger charge is -2.06. The maximum absolute atomic E-state index is 12.7. The zero-order chi connectivity index (χ0) is 24.4. The fraction of sp³-hybridized carbons (Fsp3) is 0.0833. The molecule has 2 aromatic carbocycles. The Bertz CT molecular complexity index is 1500. The molecule has 0 spiro atoms. The Balaban J connectivity index is 1.65. The van der Waals surface area contributed by atoms with Gasteiger partial charge in [0.1, 0.15) is 17.5 Å². The monoisotopic (exact) mass is 498 g/mol. The lowest BCUT2D eigenvalue weighted by molar-refractivity contribution is -0.112. The molecule has 4 aromatic rings. The summed E-state index contributed by atoms with van der Waals surface area (Å²) in [5.74, 6) is -1.78. The molecule has 0 radical (unpaired) electrons. The number of ether oxygens (including phenoxy) is 1. The lowest BCUT2D eigenvalue weighted by atomic mass is 10.1. The van der Waals surface area contributed by atoms with Gasteiger partial charge in [0.05, 0.1) is 28.1 Å². The van der Waals surface area contributed by atoms with Crippen LogP contribution >= 0.6 is 23.2 Å². The molecule has 0 atom stereocenters. The summed E-state index contributed by atoms with van der Waals surface area (Å²) in [6.07, 6.45) is 3.65. The van der Waals surface area contributed by atoms with E-state index in [2.05, 4.69) is 10.5 Å². The third kappa shape index (κ3) is 4.46. The van der Waals surface area contributed by atoms with E-state index in [9.17, 15) is 14.4 Å². The van der Waals surface area contributed by atoms with E-state index in [-0.39, 0.29) is 43.7 Å². The van der Waals surface area contributed by atoms with Crippen molar-refractivity contribution < 1.29 is 23.3 Å². The van der Waals surface area contributed by atoms with E-state index in [4.69, 9.17) is 36.9 Å². The number of anilines is 1. The highest BCUT2D eigenvalue weighted by Crippen LogP contribution is 2.38. The Morgan fingerprint density at radius 2 is 1.88 bits per heavy atom. The van der Waals surface area contributed by atoms with E-state index in [0.29, 0.717) is 11.0 Å². The molecule has 8 nitrogen and oxygen atoms in total. The molecule has 4 rings (SSSR count). The first kappa shape index (κ1) is 23.3. The molecule has 0 fully saturated rings. The van der Waals surface area contributed by atoms with E-state index in [1.54, 1.807) is 30.3 Å². The smallest absolute Gasteiger partial charge is 0.345 e. The zero-order valence-corrected chi connectivity index (χ0v) is 19.4. The number of benzene rings is 2. The normalized spacial score (nSPS) is 11.2. The summed E-state index contributed by atoms with van der Waals surface area (Å²) in [6.45, 7) is 1.86. The molecule has 2 heterocycles. The maximum atomic E-state index is 12.7. The van der Waals surface area contributed by atoms with Crippen LogP contribution in [0.2, 0.25) is 10.0 Å². The Labute approximate surface area is 202 Å². The molecule has 0 aliphatic rings. The molecule has 0 saturated carbocycles. The molecular formula is C24H16Cl2N2O6. The second-order valence-electron chi connectivity index (χ2n) is 7.17. The largest absolute Gasteiger partial charge is 0.465 e. The molecule has 2 aromatic heterocycles. The first-order valence-electron chi connectivity index (χ1n) is 9.83. The maximum Gasteiger partial charge on any atom is 0.345 e. The summed E-state index contributed by atoms with van der Waals surface area (Å²) in [4.78, 5) is 37.7. The molecule has 172 valence electrons. The minimum atomic E-state index is -0.822. The number of aromatic nitrogens is 1. The highest BCUT2D eigenvalue weighted by molar-refractivity contribution is 6.39. The Morgan fingerprint density at radius 3 is 2.59 bits per heavy atom. The molecule has 0 unspecified atom stereocenters. The van der Waals surface area contributed by atoms with Crippen molar-refractivity contribution in [2.24, 2.45) is 0 Å². The predicted molar refractivity (Wildman–Crippen MR) is 128 cm³/mol. The SMILES string of the molecule is COC(=O)c1c(-c2c(Cl)cccc2Cl)noc1NC(=O)/C=C/c1coc2ccc(C)cc2c1=O. The number of nitrogens with zero attached hydrogens (tertiary/aromatic N) is 1. The van der Waals surface area contributed by atoms with Crippen molar-refractivity contribution in [3.05, 3.63) is 85.7 Å². The molecule has 10 heteroatoms. The highest BCUT2D eigenvalue weighted by atomic mass is 35.5. The van der Waals surface area contributed by atoms with Crippen molar-refractivity contribution >= 4 is 58.0 Å². The van der Waals surface area contributed by atoms with E-state index in [1.165, 1.54) is 19.4 Å². The van der Waals surface area contributed by atoms with Crippen LogP contribution in [-0.4, -0.2) is 24.1 Å². The zero-order valence-electron chi connectivity index (χ0n) is 17.8. The van der Waals surface area contributed by atoms with Crippen molar-refractivity contribution in [2.45, 2.75) is 6.92 Å². The van der Waals surface area contributed by atoms with Crippen molar-refractivity contribution in [3.63, 3.8) is 0 Å². The number of carbonyl (C=O) groups excluding carboxylic acids is 2. The quantitative estimate of drug-likeness (QED) is 0.285. The number of hydrogen-bond acceptors (Lipinski definition) is 7. The number of methoxy groups -OCH3 is 1. The summed E-state index contributed by atoms with van der Waals surface area (Å²) in [6, 6.07) is 10.00. The summed E-state index contributed by atoms with van der Waals surface area (Å²) in [5.41, 5.74) is 1.30. The van der Waals surface area contributed by atoms with Crippen LogP contribution in [0, 0.1) is 6.92 Å². The molecule has 34 heavy (non-hydrogen) atoms. The topological polar surface area (TPSA) is 112 Å². The number of aryl methyl sites for hydroxylation is 1. The highest BCUT2D eigenvalue weighted by Gasteiger charge is 2.28. The predicted octanol–water partition coefficient (Wildman–Crippen LogP) is 5.50. The van der Waals surface area contributed by atoms with Crippen molar-refractivity contribution in [1.29, 1.82) is 0 Å². The Morgan fingerprint density at radius 1 is 1.15 bits per heavy atom. The van der Waals surface area contributed by atoms with Gasteiger partial charge in [-0.3, -0.25) is 14.9 Å². The van der Waals surface area contributed by atoms with Gasteiger partial charge >= 0.3 is 5.97 Å². The third-order valence-corrected chi connectivity index (χ3v) is 5.52. The average Bonchev–Trinajstić information content (AvgIpc) is 3.21. The van der Waals surface area contributed by atoms with Gasteiger partial charge in [0, 0.05) is 11.6 Å². The Hall–Kier alpha value is -3.88. The first-order chi connectivity index (χ1) is 16.3. The van der Waals surface area contributed by atoms with Crippen LogP contribution in [0.3, 0.4) is 0 Å². The standard InChI is InChI=1S/C24H16Cl2N2O6/c1-12-6-8-17-14(10-12)22(30)13(11-33-17)7-9-18(29)27-23-20(24(31)32-2)21(28-34-23)19-15(25)4-3-5-16(19)26/h3-11H,1-2H3,(H,27,29)/b9-7+. The second-order valence-corrected chi connectivity index (χ2v) is 7.98. The first-order valence-corrected chi connectivity index (χ1v) is 10.6. The van der Waals surface area contributed by atoms with Gasteiger partial charge in [0.25, 0.3) is 5.91 Å². The van der Waals surface area contributed by atoms with E-state index >= 15 is 0 Å². The van der Waals surface area contributed by atoms with Gasteiger partial charge in [-0.25, -0.2) is 4.79 Å². The van der Waals surface area contributed by atoms with Gasteiger partial charge in [-0.05, 0) is 37.3 Å². The van der Waals surface area contributed by atoms with Gasteiger partial charge in [-0.2, -0.15) is 0 Å². The number of hydrogen-bond donors (Lipinski definition) is 1. The van der Waals surface area contributed by atoms with E-state index in [0.717, 1.165) is 11.6 Å². The number of fused-ring (bicyclic) bond motifs is 1. The minimum Gasteiger partial charge on any atom is -0.465 e. The van der Waals surface area contributed by atoms with Crippen LogP contribution < -0.4 is 10.7 Å².